The number of fused-ring (bicyclic) bond motifs is 1. The molecule has 2 heterocycles. The van der Waals surface area contributed by atoms with E-state index in [1.54, 1.807) is 18.3 Å². The third kappa shape index (κ3) is 3.02. The fraction of sp³-hybridized carbons (Fsp3) is 0.438. The Morgan fingerprint density at radius 1 is 1.30 bits per heavy atom. The molecule has 4 nitrogen and oxygen atoms in total. The maximum Gasteiger partial charge on any atom is 0.133 e. The zero-order chi connectivity index (χ0) is 13.8. The Kier molecular flexibility index (Phi) is 4.02. The van der Waals surface area contributed by atoms with Gasteiger partial charge in [0.1, 0.15) is 11.6 Å². The summed E-state index contributed by atoms with van der Waals surface area (Å²) in [4.78, 5) is 4.37. The minimum atomic E-state index is 0.268. The number of anilines is 1. The first-order valence-corrected chi connectivity index (χ1v) is 7.26. The van der Waals surface area contributed by atoms with Crippen LogP contribution < -0.4 is 5.32 Å². The number of nitrogens with zero attached hydrogens (tertiary/aromatic N) is 1. The predicted molar refractivity (Wildman–Crippen MR) is 80.1 cm³/mol. The molecule has 1 saturated heterocycles. The lowest BCUT2D eigenvalue weighted by molar-refractivity contribution is 0.0134. The number of hydrogen-bond acceptors (Lipinski definition) is 4. The Bertz CT molecular complexity index is 580. The van der Waals surface area contributed by atoms with Gasteiger partial charge >= 0.3 is 0 Å². The molecule has 2 N–H and O–H groups in total. The number of pyridine rings is 1. The van der Waals surface area contributed by atoms with Crippen LogP contribution in [0, 0.1) is 0 Å². The highest BCUT2D eigenvalue weighted by molar-refractivity contribution is 5.92. The number of nitrogens with one attached hydrogen (secondary N) is 1. The Labute approximate surface area is 118 Å². The summed E-state index contributed by atoms with van der Waals surface area (Å²) in [6.45, 7) is 1.73. The lowest BCUT2D eigenvalue weighted by atomic mass is 10.1. The number of aromatic nitrogens is 1. The molecule has 0 bridgehead atoms. The van der Waals surface area contributed by atoms with Crippen LogP contribution in [0.5, 0.6) is 5.75 Å². The summed E-state index contributed by atoms with van der Waals surface area (Å²) in [5.74, 6) is 1.10. The summed E-state index contributed by atoms with van der Waals surface area (Å²) in [6.07, 6.45) is 6.78. The van der Waals surface area contributed by atoms with Crippen molar-refractivity contribution >= 4 is 16.6 Å². The molecule has 1 aliphatic heterocycles. The topological polar surface area (TPSA) is 54.4 Å². The molecule has 1 unspecified atom stereocenters. The largest absolute Gasteiger partial charge is 0.508 e. The van der Waals surface area contributed by atoms with Gasteiger partial charge in [-0.15, -0.1) is 0 Å². The Morgan fingerprint density at radius 3 is 3.10 bits per heavy atom. The second-order valence-corrected chi connectivity index (χ2v) is 5.27. The molecule has 0 aliphatic carbocycles. The number of rotatable bonds is 4. The van der Waals surface area contributed by atoms with E-state index >= 15 is 0 Å². The number of hydrogen-bond donors (Lipinski definition) is 2. The zero-order valence-corrected chi connectivity index (χ0v) is 11.5. The molecule has 1 aromatic heterocycles. The summed E-state index contributed by atoms with van der Waals surface area (Å²) in [6, 6.07) is 7.30. The van der Waals surface area contributed by atoms with Gasteiger partial charge in [-0.3, -0.25) is 0 Å². The molecule has 2 aromatic rings. The average molecular weight is 272 g/mol. The van der Waals surface area contributed by atoms with Gasteiger partial charge < -0.3 is 15.2 Å². The molecule has 0 amide bonds. The normalized spacial score (nSPS) is 19.1. The molecular weight excluding hydrogens is 252 g/mol. The Balaban J connectivity index is 1.66. The lowest BCUT2D eigenvalue weighted by Gasteiger charge is -2.22. The number of benzene rings is 1. The molecule has 0 saturated carbocycles. The average Bonchev–Trinajstić information content (AvgIpc) is 2.49. The van der Waals surface area contributed by atoms with Crippen molar-refractivity contribution in [3.05, 3.63) is 30.5 Å². The van der Waals surface area contributed by atoms with Crippen molar-refractivity contribution in [2.24, 2.45) is 0 Å². The van der Waals surface area contributed by atoms with Crippen molar-refractivity contribution in [2.75, 3.05) is 18.5 Å². The van der Waals surface area contributed by atoms with E-state index in [0.29, 0.717) is 6.10 Å². The standard InChI is InChI=1S/C16H20N2O2/c19-13-5-4-12-6-8-17-16(15(12)11-13)18-9-7-14-3-1-2-10-20-14/h4-6,8,11,14,19H,1-3,7,9-10H2,(H,17,18). The summed E-state index contributed by atoms with van der Waals surface area (Å²) in [5.41, 5.74) is 0. The molecule has 106 valence electrons. The zero-order valence-electron chi connectivity index (χ0n) is 11.5. The van der Waals surface area contributed by atoms with Gasteiger partial charge in [0.2, 0.25) is 0 Å². The second kappa shape index (κ2) is 6.09. The summed E-state index contributed by atoms with van der Waals surface area (Å²) < 4.78 is 5.72. The van der Waals surface area contributed by atoms with Crippen LogP contribution in [0.4, 0.5) is 5.82 Å². The summed E-state index contributed by atoms with van der Waals surface area (Å²) in [5, 5.41) is 15.0. The first kappa shape index (κ1) is 13.2. The van der Waals surface area contributed by atoms with Crippen molar-refractivity contribution in [1.29, 1.82) is 0 Å². The molecule has 1 aromatic carbocycles. The number of phenols is 1. The van der Waals surface area contributed by atoms with Crippen LogP contribution in [-0.2, 0) is 4.74 Å². The van der Waals surface area contributed by atoms with Crippen LogP contribution >= 0.6 is 0 Å². The second-order valence-electron chi connectivity index (χ2n) is 5.27. The lowest BCUT2D eigenvalue weighted by Crippen LogP contribution is -2.22. The van der Waals surface area contributed by atoms with E-state index in [1.165, 1.54) is 12.8 Å². The number of phenolic OH excluding ortho intramolecular Hbond substituents is 1. The van der Waals surface area contributed by atoms with Gasteiger partial charge in [-0.1, -0.05) is 6.07 Å². The van der Waals surface area contributed by atoms with Gasteiger partial charge in [-0.2, -0.15) is 0 Å². The number of ether oxygens (including phenoxy) is 1. The highest BCUT2D eigenvalue weighted by Crippen LogP contribution is 2.25. The first-order valence-electron chi connectivity index (χ1n) is 7.26. The van der Waals surface area contributed by atoms with Crippen LogP contribution in [-0.4, -0.2) is 29.3 Å². The minimum Gasteiger partial charge on any atom is -0.508 e. The first-order chi connectivity index (χ1) is 9.83. The smallest absolute Gasteiger partial charge is 0.133 e. The maximum absolute atomic E-state index is 9.61. The van der Waals surface area contributed by atoms with Crippen molar-refractivity contribution in [3.8, 4) is 5.75 Å². The number of aromatic hydroxyl groups is 1. The van der Waals surface area contributed by atoms with E-state index < -0.39 is 0 Å². The third-order valence-electron chi connectivity index (χ3n) is 3.78. The van der Waals surface area contributed by atoms with Crippen molar-refractivity contribution in [1.82, 2.24) is 4.98 Å². The molecule has 0 radical (unpaired) electrons. The highest BCUT2D eigenvalue weighted by atomic mass is 16.5. The molecular formula is C16H20N2O2. The minimum absolute atomic E-state index is 0.268. The van der Waals surface area contributed by atoms with Crippen LogP contribution in [0.15, 0.2) is 30.5 Å². The van der Waals surface area contributed by atoms with E-state index in [1.807, 2.05) is 12.1 Å². The maximum atomic E-state index is 9.61. The monoisotopic (exact) mass is 272 g/mol. The fourth-order valence-corrected chi connectivity index (χ4v) is 2.68. The quantitative estimate of drug-likeness (QED) is 0.896. The summed E-state index contributed by atoms with van der Waals surface area (Å²) >= 11 is 0. The molecule has 0 spiro atoms. The van der Waals surface area contributed by atoms with E-state index in [9.17, 15) is 5.11 Å². The van der Waals surface area contributed by atoms with Crippen LogP contribution in [0.25, 0.3) is 10.8 Å². The molecule has 1 fully saturated rings. The van der Waals surface area contributed by atoms with Crippen LogP contribution in [0.1, 0.15) is 25.7 Å². The van der Waals surface area contributed by atoms with E-state index in [2.05, 4.69) is 10.3 Å². The SMILES string of the molecule is Oc1ccc2ccnc(NCCC3CCCCO3)c2c1. The third-order valence-corrected chi connectivity index (χ3v) is 3.78. The van der Waals surface area contributed by atoms with Gasteiger partial charge in [0.25, 0.3) is 0 Å². The van der Waals surface area contributed by atoms with Gasteiger partial charge in [0, 0.05) is 24.7 Å². The van der Waals surface area contributed by atoms with Gasteiger partial charge in [0.15, 0.2) is 0 Å². The fourth-order valence-electron chi connectivity index (χ4n) is 2.68. The van der Waals surface area contributed by atoms with Crippen LogP contribution in [0.2, 0.25) is 0 Å². The van der Waals surface area contributed by atoms with Gasteiger partial charge in [0.05, 0.1) is 6.10 Å². The molecule has 3 rings (SSSR count). The van der Waals surface area contributed by atoms with E-state index in [4.69, 9.17) is 4.74 Å². The molecule has 1 aliphatic rings. The van der Waals surface area contributed by atoms with Crippen molar-refractivity contribution < 1.29 is 9.84 Å². The van der Waals surface area contributed by atoms with E-state index in [0.717, 1.165) is 42.6 Å². The van der Waals surface area contributed by atoms with E-state index in [-0.39, 0.29) is 5.75 Å². The molecule has 20 heavy (non-hydrogen) atoms. The highest BCUT2D eigenvalue weighted by Gasteiger charge is 2.13. The van der Waals surface area contributed by atoms with Crippen molar-refractivity contribution in [2.45, 2.75) is 31.8 Å². The van der Waals surface area contributed by atoms with Crippen LogP contribution in [0.3, 0.4) is 0 Å². The predicted octanol–water partition coefficient (Wildman–Crippen LogP) is 3.31. The van der Waals surface area contributed by atoms with Gasteiger partial charge in [-0.05, 0) is 49.3 Å². The van der Waals surface area contributed by atoms with Crippen molar-refractivity contribution in [3.63, 3.8) is 0 Å². The summed E-state index contributed by atoms with van der Waals surface area (Å²) in [7, 11) is 0. The van der Waals surface area contributed by atoms with Gasteiger partial charge in [-0.25, -0.2) is 4.98 Å². The molecule has 4 heteroatoms. The Hall–Kier alpha value is -1.81. The Morgan fingerprint density at radius 2 is 2.25 bits per heavy atom. The molecule has 1 atom stereocenters.